The normalized spacial score (nSPS) is 16.3. The Morgan fingerprint density at radius 1 is 1.12 bits per heavy atom. The van der Waals surface area contributed by atoms with Crippen LogP contribution in [0.1, 0.15) is 36.5 Å². The third-order valence-electron chi connectivity index (χ3n) is 6.67. The number of hydrogen-bond donors (Lipinski definition) is 2. The number of fused-ring (bicyclic) bond motifs is 3. The molecule has 5 rings (SSSR count). The summed E-state index contributed by atoms with van der Waals surface area (Å²) in [6.07, 6.45) is 2.49. The molecule has 1 aliphatic carbocycles. The van der Waals surface area contributed by atoms with Crippen LogP contribution in [0.2, 0.25) is 0 Å². The van der Waals surface area contributed by atoms with E-state index in [0.717, 1.165) is 35.8 Å². The summed E-state index contributed by atoms with van der Waals surface area (Å²) in [5.41, 5.74) is 2.80. The van der Waals surface area contributed by atoms with E-state index in [0.29, 0.717) is 49.5 Å². The van der Waals surface area contributed by atoms with Crippen molar-refractivity contribution < 1.29 is 16.4 Å². The van der Waals surface area contributed by atoms with Crippen molar-refractivity contribution in [3.05, 3.63) is 68.8 Å². The van der Waals surface area contributed by atoms with Gasteiger partial charge in [0.15, 0.2) is 5.82 Å². The van der Waals surface area contributed by atoms with Crippen LogP contribution in [-0.2, 0) is 19.4 Å². The van der Waals surface area contributed by atoms with Crippen LogP contribution in [0.4, 0.5) is 14.5 Å². The molecule has 9 heteroatoms. The first-order chi connectivity index (χ1) is 16.0. The molecule has 0 saturated carbocycles. The highest BCUT2D eigenvalue weighted by molar-refractivity contribution is 5.92. The van der Waals surface area contributed by atoms with E-state index < -0.39 is 11.9 Å². The van der Waals surface area contributed by atoms with Crippen LogP contribution in [0.25, 0.3) is 10.9 Å². The molecule has 1 aromatic carbocycles. The number of nitrogens with zero attached hydrogens (tertiary/aromatic N) is 3. The van der Waals surface area contributed by atoms with Gasteiger partial charge in [-0.15, -0.1) is 0 Å². The van der Waals surface area contributed by atoms with E-state index in [9.17, 15) is 14.0 Å². The van der Waals surface area contributed by atoms with E-state index in [4.69, 9.17) is 0 Å². The molecule has 2 N–H and O–H groups in total. The SMILES string of the molecule is CNC(=O)c1ccc(N2CCN(Cc3ccc4c5c(c(=O)[nH]c4c3F)CCC5)CC2)c(F)n1.[HH].[HH]. The van der Waals surface area contributed by atoms with Gasteiger partial charge in [-0.25, -0.2) is 9.37 Å². The van der Waals surface area contributed by atoms with E-state index in [1.54, 1.807) is 6.07 Å². The van der Waals surface area contributed by atoms with Crippen molar-refractivity contribution in [3.63, 3.8) is 0 Å². The van der Waals surface area contributed by atoms with Crippen molar-refractivity contribution >= 4 is 22.5 Å². The van der Waals surface area contributed by atoms with Gasteiger partial charge in [0.25, 0.3) is 11.5 Å². The quantitative estimate of drug-likeness (QED) is 0.589. The largest absolute Gasteiger partial charge is 0.365 e. The third kappa shape index (κ3) is 3.86. The lowest BCUT2D eigenvalue weighted by Crippen LogP contribution is -2.46. The van der Waals surface area contributed by atoms with Crippen molar-refractivity contribution in [2.24, 2.45) is 0 Å². The van der Waals surface area contributed by atoms with Gasteiger partial charge in [-0.1, -0.05) is 12.1 Å². The Labute approximate surface area is 192 Å². The predicted molar refractivity (Wildman–Crippen MR) is 126 cm³/mol. The Balaban J connectivity index is 0.00000171. The van der Waals surface area contributed by atoms with Crippen molar-refractivity contribution in [2.75, 3.05) is 38.1 Å². The maximum absolute atomic E-state index is 15.3. The molecule has 0 bridgehead atoms. The Morgan fingerprint density at radius 2 is 1.88 bits per heavy atom. The molecule has 1 fully saturated rings. The second-order valence-electron chi connectivity index (χ2n) is 8.57. The lowest BCUT2D eigenvalue weighted by atomic mass is 10.0. The molecule has 1 saturated heterocycles. The van der Waals surface area contributed by atoms with Gasteiger partial charge in [0, 0.05) is 59.1 Å². The minimum Gasteiger partial charge on any atom is -0.365 e. The number of carbonyl (C=O) groups excluding carboxylic acids is 1. The number of halogens is 2. The fraction of sp³-hybridized carbons (Fsp3) is 0.375. The van der Waals surface area contributed by atoms with Gasteiger partial charge in [-0.05, 0) is 37.0 Å². The van der Waals surface area contributed by atoms with Crippen LogP contribution in [-0.4, -0.2) is 54.0 Å². The van der Waals surface area contributed by atoms with E-state index in [2.05, 4.69) is 20.2 Å². The summed E-state index contributed by atoms with van der Waals surface area (Å²) >= 11 is 0. The van der Waals surface area contributed by atoms with Gasteiger partial charge in [0.05, 0.1) is 11.2 Å². The van der Waals surface area contributed by atoms with Crippen LogP contribution in [0, 0.1) is 11.8 Å². The molecule has 2 aromatic heterocycles. The fourth-order valence-corrected chi connectivity index (χ4v) is 4.90. The third-order valence-corrected chi connectivity index (χ3v) is 6.67. The number of aryl methyl sites for hydroxylation is 1. The number of hydrogen-bond acceptors (Lipinski definition) is 5. The van der Waals surface area contributed by atoms with E-state index in [-0.39, 0.29) is 19.9 Å². The molecule has 2 aliphatic rings. The van der Waals surface area contributed by atoms with Crippen LogP contribution in [0.15, 0.2) is 29.1 Å². The lowest BCUT2D eigenvalue weighted by molar-refractivity contribution is 0.0957. The first kappa shape index (κ1) is 21.5. The average molecular weight is 458 g/mol. The first-order valence-electron chi connectivity index (χ1n) is 11.2. The molecular weight excluding hydrogens is 428 g/mol. The summed E-state index contributed by atoms with van der Waals surface area (Å²) in [5.74, 6) is -1.49. The van der Waals surface area contributed by atoms with E-state index >= 15 is 4.39 Å². The number of anilines is 1. The number of carbonyl (C=O) groups is 1. The number of H-pyrrole nitrogens is 1. The highest BCUT2D eigenvalue weighted by atomic mass is 19.1. The zero-order valence-corrected chi connectivity index (χ0v) is 18.4. The maximum Gasteiger partial charge on any atom is 0.269 e. The lowest BCUT2D eigenvalue weighted by Gasteiger charge is -2.36. The Bertz CT molecular complexity index is 1310. The van der Waals surface area contributed by atoms with Gasteiger partial charge in [0.2, 0.25) is 5.95 Å². The second kappa shape index (κ2) is 8.55. The molecule has 0 spiro atoms. The number of aromatic nitrogens is 2. The standard InChI is InChI=1S/C24H25F2N5O2.2H2/c1-27-24(33)18-7-8-19(22(26)28-18)31-11-9-30(10-12-31)13-14-5-6-16-15-3-2-4-17(15)23(32)29-21(16)20(14)25;;/h5-8H,2-4,9-13H2,1H3,(H,27,33)(H,29,32);2*1H. The minimum atomic E-state index is -0.679. The number of benzene rings is 1. The summed E-state index contributed by atoms with van der Waals surface area (Å²) < 4.78 is 29.8. The molecule has 0 atom stereocenters. The molecule has 1 aliphatic heterocycles. The summed E-state index contributed by atoms with van der Waals surface area (Å²) in [5, 5.41) is 3.23. The highest BCUT2D eigenvalue weighted by Crippen LogP contribution is 2.29. The molecule has 3 aromatic rings. The first-order valence-corrected chi connectivity index (χ1v) is 11.2. The summed E-state index contributed by atoms with van der Waals surface area (Å²) in [6, 6.07) is 6.80. The van der Waals surface area contributed by atoms with Crippen molar-refractivity contribution in [1.29, 1.82) is 0 Å². The zero-order valence-electron chi connectivity index (χ0n) is 18.4. The number of piperazine rings is 1. The second-order valence-corrected chi connectivity index (χ2v) is 8.57. The molecule has 7 nitrogen and oxygen atoms in total. The molecule has 0 radical (unpaired) electrons. The van der Waals surface area contributed by atoms with Crippen LogP contribution in [0.5, 0.6) is 0 Å². The molecule has 0 unspecified atom stereocenters. The number of aromatic amines is 1. The molecular formula is C24H29F2N5O2. The summed E-state index contributed by atoms with van der Waals surface area (Å²) in [7, 11) is 1.47. The van der Waals surface area contributed by atoms with Crippen molar-refractivity contribution in [1.82, 2.24) is 20.2 Å². The minimum absolute atomic E-state index is 0. The number of pyridine rings is 2. The monoisotopic (exact) mass is 457 g/mol. The topological polar surface area (TPSA) is 81.3 Å². The average Bonchev–Trinajstić information content (AvgIpc) is 3.32. The number of amides is 1. The van der Waals surface area contributed by atoms with Crippen LogP contribution < -0.4 is 15.8 Å². The number of nitrogens with one attached hydrogen (secondary N) is 2. The summed E-state index contributed by atoms with van der Waals surface area (Å²) in [4.78, 5) is 34.5. The van der Waals surface area contributed by atoms with Gasteiger partial charge < -0.3 is 15.2 Å². The van der Waals surface area contributed by atoms with Gasteiger partial charge in [-0.3, -0.25) is 14.5 Å². The van der Waals surface area contributed by atoms with Crippen LogP contribution in [0.3, 0.4) is 0 Å². The van der Waals surface area contributed by atoms with Gasteiger partial charge >= 0.3 is 0 Å². The van der Waals surface area contributed by atoms with Crippen molar-refractivity contribution in [2.45, 2.75) is 25.8 Å². The van der Waals surface area contributed by atoms with Gasteiger partial charge in [0.1, 0.15) is 5.69 Å². The summed E-state index contributed by atoms with van der Waals surface area (Å²) in [6.45, 7) is 2.75. The Kier molecular flexibility index (Phi) is 5.57. The molecule has 33 heavy (non-hydrogen) atoms. The maximum atomic E-state index is 15.3. The Morgan fingerprint density at radius 3 is 2.61 bits per heavy atom. The van der Waals surface area contributed by atoms with E-state index in [1.165, 1.54) is 13.1 Å². The van der Waals surface area contributed by atoms with Crippen molar-refractivity contribution in [3.8, 4) is 0 Å². The highest BCUT2D eigenvalue weighted by Gasteiger charge is 2.24. The smallest absolute Gasteiger partial charge is 0.269 e. The molecule has 176 valence electrons. The fourth-order valence-electron chi connectivity index (χ4n) is 4.90. The molecule has 1 amide bonds. The van der Waals surface area contributed by atoms with Gasteiger partial charge in [-0.2, -0.15) is 4.39 Å². The Hall–Kier alpha value is -3.33. The van der Waals surface area contributed by atoms with E-state index in [1.807, 2.05) is 17.0 Å². The number of rotatable bonds is 4. The van der Waals surface area contributed by atoms with Crippen LogP contribution >= 0.6 is 0 Å². The molecule has 3 heterocycles. The zero-order chi connectivity index (χ0) is 23.1. The predicted octanol–water partition coefficient (Wildman–Crippen LogP) is 2.86.